The highest BCUT2D eigenvalue weighted by molar-refractivity contribution is 5.97. The van der Waals surface area contributed by atoms with Gasteiger partial charge < -0.3 is 22.1 Å². The predicted octanol–water partition coefficient (Wildman–Crippen LogP) is 0.341. The molecular formula is C13H18N6O. The number of guanidine groups is 2. The minimum atomic E-state index is -0.144. The minimum absolute atomic E-state index is 0.0157. The van der Waals surface area contributed by atoms with Gasteiger partial charge >= 0.3 is 0 Å². The van der Waals surface area contributed by atoms with Crippen LogP contribution in [0.2, 0.25) is 0 Å². The van der Waals surface area contributed by atoms with E-state index in [9.17, 15) is 4.79 Å². The highest BCUT2D eigenvalue weighted by atomic mass is 16.2. The summed E-state index contributed by atoms with van der Waals surface area (Å²) in [5, 5.41) is 0. The highest BCUT2D eigenvalue weighted by Gasteiger charge is 2.23. The maximum absolute atomic E-state index is 11.8. The van der Waals surface area contributed by atoms with E-state index in [2.05, 4.69) is 9.98 Å². The van der Waals surface area contributed by atoms with E-state index in [4.69, 9.17) is 17.2 Å². The van der Waals surface area contributed by atoms with Gasteiger partial charge in [0.05, 0.1) is 5.69 Å². The summed E-state index contributed by atoms with van der Waals surface area (Å²) in [7, 11) is 0. The van der Waals surface area contributed by atoms with E-state index in [1.807, 2.05) is 19.1 Å². The third kappa shape index (κ3) is 2.87. The maximum atomic E-state index is 11.8. The van der Waals surface area contributed by atoms with Gasteiger partial charge in [-0.2, -0.15) is 4.99 Å². The lowest BCUT2D eigenvalue weighted by Gasteiger charge is -2.19. The molecular weight excluding hydrogens is 256 g/mol. The van der Waals surface area contributed by atoms with Crippen LogP contribution in [-0.2, 0) is 4.79 Å². The second kappa shape index (κ2) is 5.60. The smallest absolute Gasteiger partial charge is 0.227 e. The number of amides is 1. The Labute approximate surface area is 117 Å². The fourth-order valence-corrected chi connectivity index (χ4v) is 2.21. The van der Waals surface area contributed by atoms with E-state index in [1.54, 1.807) is 11.0 Å². The zero-order chi connectivity index (χ0) is 14.7. The summed E-state index contributed by atoms with van der Waals surface area (Å²) in [5.41, 5.74) is 18.5. The maximum Gasteiger partial charge on any atom is 0.227 e. The summed E-state index contributed by atoms with van der Waals surface area (Å²) in [5.74, 6) is -0.0285. The second-order valence-electron chi connectivity index (χ2n) is 4.58. The fraction of sp³-hybridized carbons (Fsp3) is 0.308. The zero-order valence-corrected chi connectivity index (χ0v) is 11.3. The molecule has 106 valence electrons. The average molecular weight is 274 g/mol. The molecule has 0 unspecified atom stereocenters. The Morgan fingerprint density at radius 3 is 2.65 bits per heavy atom. The van der Waals surface area contributed by atoms with Gasteiger partial charge in [-0.1, -0.05) is 6.07 Å². The van der Waals surface area contributed by atoms with Crippen molar-refractivity contribution in [3.8, 4) is 0 Å². The molecule has 0 saturated carbocycles. The number of hydrogen-bond donors (Lipinski definition) is 3. The summed E-state index contributed by atoms with van der Waals surface area (Å²) >= 11 is 0. The van der Waals surface area contributed by atoms with Gasteiger partial charge in [-0.3, -0.25) is 4.79 Å². The van der Waals surface area contributed by atoms with E-state index in [-0.39, 0.29) is 17.8 Å². The van der Waals surface area contributed by atoms with E-state index in [0.29, 0.717) is 12.1 Å². The van der Waals surface area contributed by atoms with Crippen molar-refractivity contribution in [1.29, 1.82) is 0 Å². The minimum Gasteiger partial charge on any atom is -0.370 e. The molecule has 20 heavy (non-hydrogen) atoms. The summed E-state index contributed by atoms with van der Waals surface area (Å²) in [6.45, 7) is 2.62. The molecule has 0 spiro atoms. The van der Waals surface area contributed by atoms with Crippen LogP contribution in [0.3, 0.4) is 0 Å². The molecule has 1 saturated heterocycles. The molecule has 1 aliphatic heterocycles. The standard InChI is InChI=1S/C13H18N6O/c1-8-9(17-13(16)18-12(14)15)4-2-5-10(8)19-7-3-6-11(19)20/h2,4-5H,3,6-7H2,1H3,(H6,14,15,16,17,18). The van der Waals surface area contributed by atoms with Crippen LogP contribution in [0.15, 0.2) is 28.2 Å². The van der Waals surface area contributed by atoms with Gasteiger partial charge in [-0.25, -0.2) is 4.99 Å². The first-order valence-electron chi connectivity index (χ1n) is 6.33. The SMILES string of the molecule is Cc1c(N=C(N)N=C(N)N)cccc1N1CCCC1=O. The Hall–Kier alpha value is -2.57. The van der Waals surface area contributed by atoms with Crippen LogP contribution < -0.4 is 22.1 Å². The summed E-state index contributed by atoms with van der Waals surface area (Å²) in [6.07, 6.45) is 1.46. The highest BCUT2D eigenvalue weighted by Crippen LogP contribution is 2.31. The second-order valence-corrected chi connectivity index (χ2v) is 4.58. The number of rotatable bonds is 2. The third-order valence-electron chi connectivity index (χ3n) is 3.12. The molecule has 1 aromatic carbocycles. The first-order chi connectivity index (χ1) is 9.49. The molecule has 6 N–H and O–H groups in total. The number of nitrogens with zero attached hydrogens (tertiary/aromatic N) is 3. The van der Waals surface area contributed by atoms with Crippen molar-refractivity contribution in [3.63, 3.8) is 0 Å². The number of carbonyl (C=O) groups excluding carboxylic acids is 1. The van der Waals surface area contributed by atoms with Crippen LogP contribution in [0.5, 0.6) is 0 Å². The van der Waals surface area contributed by atoms with E-state index >= 15 is 0 Å². The molecule has 1 aliphatic rings. The van der Waals surface area contributed by atoms with Crippen molar-refractivity contribution in [2.45, 2.75) is 19.8 Å². The Morgan fingerprint density at radius 2 is 2.05 bits per heavy atom. The Bertz CT molecular complexity index is 589. The van der Waals surface area contributed by atoms with Gasteiger partial charge in [0.25, 0.3) is 0 Å². The lowest BCUT2D eigenvalue weighted by molar-refractivity contribution is -0.117. The van der Waals surface area contributed by atoms with Gasteiger partial charge in [0.1, 0.15) is 0 Å². The normalized spacial score (nSPS) is 15.6. The number of anilines is 1. The topological polar surface area (TPSA) is 123 Å². The van der Waals surface area contributed by atoms with Gasteiger partial charge in [0.15, 0.2) is 5.96 Å². The summed E-state index contributed by atoms with van der Waals surface area (Å²) in [6, 6.07) is 5.53. The Morgan fingerprint density at radius 1 is 1.30 bits per heavy atom. The third-order valence-corrected chi connectivity index (χ3v) is 3.12. The van der Waals surface area contributed by atoms with Crippen molar-refractivity contribution in [1.82, 2.24) is 0 Å². The Balaban J connectivity index is 2.37. The predicted molar refractivity (Wildman–Crippen MR) is 79.9 cm³/mol. The molecule has 1 fully saturated rings. The lowest BCUT2D eigenvalue weighted by atomic mass is 10.1. The first kappa shape index (κ1) is 13.9. The molecule has 7 heteroatoms. The number of aliphatic imine (C=N–C) groups is 2. The van der Waals surface area contributed by atoms with Crippen LogP contribution in [0.4, 0.5) is 11.4 Å². The van der Waals surface area contributed by atoms with E-state index in [1.165, 1.54) is 0 Å². The molecule has 1 aromatic rings. The molecule has 2 rings (SSSR count). The van der Waals surface area contributed by atoms with Crippen molar-refractivity contribution in [2.24, 2.45) is 27.2 Å². The quantitative estimate of drug-likeness (QED) is 0.531. The van der Waals surface area contributed by atoms with E-state index in [0.717, 1.165) is 24.2 Å². The molecule has 0 aromatic heterocycles. The molecule has 1 amide bonds. The molecule has 0 aliphatic carbocycles. The van der Waals surface area contributed by atoms with Gasteiger partial charge in [0, 0.05) is 18.7 Å². The number of benzene rings is 1. The van der Waals surface area contributed by atoms with E-state index < -0.39 is 0 Å². The van der Waals surface area contributed by atoms with Crippen molar-refractivity contribution in [3.05, 3.63) is 23.8 Å². The molecule has 1 heterocycles. The molecule has 7 nitrogen and oxygen atoms in total. The van der Waals surface area contributed by atoms with Crippen molar-refractivity contribution >= 4 is 29.2 Å². The lowest BCUT2D eigenvalue weighted by Crippen LogP contribution is -2.26. The van der Waals surface area contributed by atoms with Crippen molar-refractivity contribution < 1.29 is 4.79 Å². The summed E-state index contributed by atoms with van der Waals surface area (Å²) < 4.78 is 0. The molecule has 0 atom stereocenters. The number of carbonyl (C=O) groups is 1. The molecule has 0 bridgehead atoms. The zero-order valence-electron chi connectivity index (χ0n) is 11.3. The van der Waals surface area contributed by atoms with Crippen LogP contribution >= 0.6 is 0 Å². The van der Waals surface area contributed by atoms with Gasteiger partial charge in [-0.05, 0) is 31.0 Å². The van der Waals surface area contributed by atoms with Crippen LogP contribution in [-0.4, -0.2) is 24.4 Å². The summed E-state index contributed by atoms with van der Waals surface area (Å²) in [4.78, 5) is 21.4. The Kier molecular flexibility index (Phi) is 3.88. The van der Waals surface area contributed by atoms with Gasteiger partial charge in [0.2, 0.25) is 11.9 Å². The monoisotopic (exact) mass is 274 g/mol. The number of nitrogens with two attached hydrogens (primary N) is 3. The number of hydrogen-bond acceptors (Lipinski definition) is 2. The average Bonchev–Trinajstić information content (AvgIpc) is 2.77. The van der Waals surface area contributed by atoms with Crippen LogP contribution in [0.25, 0.3) is 0 Å². The van der Waals surface area contributed by atoms with Crippen LogP contribution in [0, 0.1) is 6.92 Å². The van der Waals surface area contributed by atoms with Crippen molar-refractivity contribution in [2.75, 3.05) is 11.4 Å². The van der Waals surface area contributed by atoms with Crippen LogP contribution in [0.1, 0.15) is 18.4 Å². The fourth-order valence-electron chi connectivity index (χ4n) is 2.21. The first-order valence-corrected chi connectivity index (χ1v) is 6.33. The largest absolute Gasteiger partial charge is 0.370 e. The molecule has 0 radical (unpaired) electrons. The van der Waals surface area contributed by atoms with Gasteiger partial charge in [-0.15, -0.1) is 0 Å².